The molecule has 0 spiro atoms. The molecule has 0 aliphatic heterocycles. The molecule has 0 aliphatic carbocycles. The summed E-state index contributed by atoms with van der Waals surface area (Å²) in [5, 5.41) is 3.10. The van der Waals surface area contributed by atoms with E-state index in [2.05, 4.69) is 0 Å². The first-order chi connectivity index (χ1) is 8.63. The minimum atomic E-state index is -0.143. The van der Waals surface area contributed by atoms with Gasteiger partial charge in [0.15, 0.2) is 0 Å². The lowest BCUT2D eigenvalue weighted by atomic mass is 10.1. The number of halogens is 2. The monoisotopic (exact) mass is 301 g/mol. The van der Waals surface area contributed by atoms with E-state index in [9.17, 15) is 0 Å². The highest BCUT2D eigenvalue weighted by molar-refractivity contribution is 7.10. The van der Waals surface area contributed by atoms with Gasteiger partial charge in [-0.2, -0.15) is 0 Å². The van der Waals surface area contributed by atoms with Crippen LogP contribution in [-0.4, -0.2) is 7.11 Å². The van der Waals surface area contributed by atoms with Gasteiger partial charge in [0.1, 0.15) is 5.75 Å². The van der Waals surface area contributed by atoms with Crippen LogP contribution in [0.1, 0.15) is 16.5 Å². The van der Waals surface area contributed by atoms with Crippen molar-refractivity contribution < 1.29 is 4.74 Å². The number of methoxy groups -OCH3 is 1. The van der Waals surface area contributed by atoms with E-state index in [-0.39, 0.29) is 6.04 Å². The van der Waals surface area contributed by atoms with Gasteiger partial charge in [0.05, 0.1) is 22.0 Å². The fourth-order valence-corrected chi connectivity index (χ4v) is 3.04. The van der Waals surface area contributed by atoms with E-state index in [0.29, 0.717) is 16.5 Å². The van der Waals surface area contributed by atoms with Gasteiger partial charge in [0, 0.05) is 6.04 Å². The predicted molar refractivity (Wildman–Crippen MR) is 78.0 cm³/mol. The van der Waals surface area contributed by atoms with Gasteiger partial charge in [0.25, 0.3) is 0 Å². The summed E-state index contributed by atoms with van der Waals surface area (Å²) in [5.74, 6) is 0.825. The third kappa shape index (κ3) is 2.81. The molecule has 2 rings (SSSR count). The lowest BCUT2D eigenvalue weighted by molar-refractivity contribution is 0.409. The summed E-state index contributed by atoms with van der Waals surface area (Å²) in [7, 11) is 1.64. The van der Waals surface area contributed by atoms with E-state index in [1.807, 2.05) is 23.6 Å². The van der Waals surface area contributed by atoms with Crippen LogP contribution < -0.4 is 10.5 Å². The fraction of sp³-hybridized carbons (Fsp3) is 0.231. The minimum Gasteiger partial charge on any atom is -0.496 e. The molecule has 1 aromatic carbocycles. The van der Waals surface area contributed by atoms with Crippen molar-refractivity contribution in [2.24, 2.45) is 5.73 Å². The van der Waals surface area contributed by atoms with Crippen LogP contribution in [0, 0.1) is 0 Å². The Morgan fingerprint density at radius 3 is 2.83 bits per heavy atom. The largest absolute Gasteiger partial charge is 0.496 e. The lowest BCUT2D eigenvalue weighted by Crippen LogP contribution is -2.13. The smallest absolute Gasteiger partial charge is 0.134 e. The van der Waals surface area contributed by atoms with Gasteiger partial charge in [0.2, 0.25) is 0 Å². The second-order valence-electron chi connectivity index (χ2n) is 3.88. The summed E-state index contributed by atoms with van der Waals surface area (Å²) in [6, 6.07) is 7.36. The van der Waals surface area contributed by atoms with E-state index in [4.69, 9.17) is 33.7 Å². The van der Waals surface area contributed by atoms with Gasteiger partial charge in [-0.15, -0.1) is 11.3 Å². The molecular weight excluding hydrogens is 289 g/mol. The van der Waals surface area contributed by atoms with Crippen LogP contribution in [-0.2, 0) is 6.42 Å². The van der Waals surface area contributed by atoms with Crippen LogP contribution in [0.3, 0.4) is 0 Å². The zero-order valence-corrected chi connectivity index (χ0v) is 12.1. The Hall–Kier alpha value is -0.740. The van der Waals surface area contributed by atoms with E-state index in [1.54, 1.807) is 24.5 Å². The Labute approximate surface area is 120 Å². The second kappa shape index (κ2) is 5.93. The third-order valence-electron chi connectivity index (χ3n) is 2.69. The maximum atomic E-state index is 6.20. The molecule has 1 heterocycles. The third-order valence-corrected chi connectivity index (χ3v) is 4.57. The SMILES string of the molecule is COc1ccsc1C(N)Cc1cccc(Cl)c1Cl. The van der Waals surface area contributed by atoms with Crippen molar-refractivity contribution in [1.29, 1.82) is 0 Å². The molecule has 2 N–H and O–H groups in total. The van der Waals surface area contributed by atoms with Gasteiger partial charge in [-0.25, -0.2) is 0 Å². The average molecular weight is 302 g/mol. The molecule has 0 saturated heterocycles. The van der Waals surface area contributed by atoms with Gasteiger partial charge in [-0.1, -0.05) is 35.3 Å². The summed E-state index contributed by atoms with van der Waals surface area (Å²) in [5.41, 5.74) is 7.15. The molecule has 0 bridgehead atoms. The summed E-state index contributed by atoms with van der Waals surface area (Å²) in [4.78, 5) is 1.02. The van der Waals surface area contributed by atoms with Crippen LogP contribution in [0.4, 0.5) is 0 Å². The number of hydrogen-bond acceptors (Lipinski definition) is 3. The molecule has 2 nitrogen and oxygen atoms in total. The maximum absolute atomic E-state index is 6.20. The molecule has 0 saturated carbocycles. The molecule has 18 heavy (non-hydrogen) atoms. The van der Waals surface area contributed by atoms with Crippen LogP contribution in [0.5, 0.6) is 5.75 Å². The van der Waals surface area contributed by atoms with Crippen molar-refractivity contribution in [2.75, 3.05) is 7.11 Å². The Morgan fingerprint density at radius 2 is 2.11 bits per heavy atom. The molecule has 0 aliphatic rings. The van der Waals surface area contributed by atoms with Gasteiger partial charge in [-0.3, -0.25) is 0 Å². The maximum Gasteiger partial charge on any atom is 0.134 e. The Kier molecular flexibility index (Phi) is 4.51. The first kappa shape index (κ1) is 13.7. The van der Waals surface area contributed by atoms with E-state index < -0.39 is 0 Å². The lowest BCUT2D eigenvalue weighted by Gasteiger charge is -2.13. The highest BCUT2D eigenvalue weighted by Gasteiger charge is 2.16. The highest BCUT2D eigenvalue weighted by atomic mass is 35.5. The van der Waals surface area contributed by atoms with Crippen molar-refractivity contribution in [1.82, 2.24) is 0 Å². The zero-order chi connectivity index (χ0) is 13.1. The van der Waals surface area contributed by atoms with Crippen LogP contribution in [0.15, 0.2) is 29.6 Å². The van der Waals surface area contributed by atoms with Crippen molar-refractivity contribution in [3.05, 3.63) is 50.1 Å². The molecule has 0 fully saturated rings. The number of rotatable bonds is 4. The van der Waals surface area contributed by atoms with Crippen molar-refractivity contribution in [2.45, 2.75) is 12.5 Å². The van der Waals surface area contributed by atoms with E-state index in [1.165, 1.54) is 0 Å². The van der Waals surface area contributed by atoms with E-state index in [0.717, 1.165) is 16.2 Å². The number of thiophene rings is 1. The minimum absolute atomic E-state index is 0.143. The number of ether oxygens (including phenoxy) is 1. The van der Waals surface area contributed by atoms with Crippen molar-refractivity contribution in [3.8, 4) is 5.75 Å². The second-order valence-corrected chi connectivity index (χ2v) is 5.61. The first-order valence-electron chi connectivity index (χ1n) is 5.43. The summed E-state index contributed by atoms with van der Waals surface area (Å²) in [6.45, 7) is 0. The van der Waals surface area contributed by atoms with Crippen molar-refractivity contribution in [3.63, 3.8) is 0 Å². The quantitative estimate of drug-likeness (QED) is 0.913. The molecule has 2 aromatic rings. The van der Waals surface area contributed by atoms with Gasteiger partial charge < -0.3 is 10.5 Å². The van der Waals surface area contributed by atoms with E-state index >= 15 is 0 Å². The van der Waals surface area contributed by atoms with Crippen LogP contribution >= 0.6 is 34.5 Å². The molecule has 0 radical (unpaired) electrons. The summed E-state index contributed by atoms with van der Waals surface area (Å²) in [6.07, 6.45) is 0.635. The normalized spacial score (nSPS) is 12.4. The molecule has 96 valence electrons. The van der Waals surface area contributed by atoms with Gasteiger partial charge in [-0.05, 0) is 29.5 Å². The molecule has 1 unspecified atom stereocenters. The molecule has 0 amide bonds. The average Bonchev–Trinajstić information content (AvgIpc) is 2.83. The van der Waals surface area contributed by atoms with Crippen molar-refractivity contribution >= 4 is 34.5 Å². The van der Waals surface area contributed by atoms with Gasteiger partial charge >= 0.3 is 0 Å². The number of benzene rings is 1. The summed E-state index contributed by atoms with van der Waals surface area (Å²) >= 11 is 13.7. The Bertz CT molecular complexity index is 542. The highest BCUT2D eigenvalue weighted by Crippen LogP contribution is 2.34. The first-order valence-corrected chi connectivity index (χ1v) is 7.07. The summed E-state index contributed by atoms with van der Waals surface area (Å²) < 4.78 is 5.27. The zero-order valence-electron chi connectivity index (χ0n) is 9.82. The molecule has 5 heteroatoms. The molecule has 1 atom stereocenters. The Balaban J connectivity index is 2.21. The number of hydrogen-bond donors (Lipinski definition) is 1. The topological polar surface area (TPSA) is 35.2 Å². The predicted octanol–water partition coefficient (Wildman–Crippen LogP) is 4.31. The molecular formula is C13H13Cl2NOS. The number of nitrogens with two attached hydrogens (primary N) is 1. The Morgan fingerprint density at radius 1 is 1.33 bits per heavy atom. The van der Waals surface area contributed by atoms with Crippen LogP contribution in [0.25, 0.3) is 0 Å². The van der Waals surface area contributed by atoms with Crippen LogP contribution in [0.2, 0.25) is 10.0 Å². The standard InChI is InChI=1S/C13H13Cl2NOS/c1-17-11-5-6-18-13(11)10(16)7-8-3-2-4-9(14)12(8)15/h2-6,10H,7,16H2,1H3. The molecule has 1 aromatic heterocycles. The fourth-order valence-electron chi connectivity index (χ4n) is 1.78.